The van der Waals surface area contributed by atoms with E-state index in [-0.39, 0.29) is 17.5 Å². The Kier molecular flexibility index (Phi) is 4.01. The van der Waals surface area contributed by atoms with E-state index in [0.29, 0.717) is 12.5 Å². The second-order valence-corrected chi connectivity index (χ2v) is 5.17. The van der Waals surface area contributed by atoms with E-state index in [0.717, 1.165) is 25.1 Å². The van der Waals surface area contributed by atoms with Gasteiger partial charge in [0.15, 0.2) is 0 Å². The van der Waals surface area contributed by atoms with Crippen LogP contribution in [0.2, 0.25) is 0 Å². The lowest BCUT2D eigenvalue weighted by atomic mass is 10.0. The summed E-state index contributed by atoms with van der Waals surface area (Å²) in [4.78, 5) is 12.6. The molecule has 104 valence electrons. The standard InChI is InChI=1S/C13H19N3O3/c1-9(17)11-4-5-15(8-11)7-10-2-3-12(14)13(6-10)16(18)19/h2-3,6,9,11,17H,4-5,7-8,14H2,1H3. The minimum absolute atomic E-state index is 0.0382. The first kappa shape index (κ1) is 13.8. The number of nitrogens with zero attached hydrogens (tertiary/aromatic N) is 2. The monoisotopic (exact) mass is 265 g/mol. The van der Waals surface area contributed by atoms with Gasteiger partial charge >= 0.3 is 0 Å². The van der Waals surface area contributed by atoms with E-state index in [9.17, 15) is 15.2 Å². The zero-order valence-corrected chi connectivity index (χ0v) is 11.0. The number of benzene rings is 1. The summed E-state index contributed by atoms with van der Waals surface area (Å²) in [6, 6.07) is 4.93. The fraction of sp³-hybridized carbons (Fsp3) is 0.538. The second-order valence-electron chi connectivity index (χ2n) is 5.17. The summed E-state index contributed by atoms with van der Waals surface area (Å²) >= 11 is 0. The number of nitrogen functional groups attached to an aromatic ring is 1. The summed E-state index contributed by atoms with van der Waals surface area (Å²) in [6.07, 6.45) is 0.667. The summed E-state index contributed by atoms with van der Waals surface area (Å²) < 4.78 is 0. The van der Waals surface area contributed by atoms with Gasteiger partial charge in [-0.2, -0.15) is 0 Å². The lowest BCUT2D eigenvalue weighted by Gasteiger charge is -2.17. The molecule has 0 aromatic heterocycles. The Hall–Kier alpha value is -1.66. The minimum Gasteiger partial charge on any atom is -0.393 e. The lowest BCUT2D eigenvalue weighted by molar-refractivity contribution is -0.384. The summed E-state index contributed by atoms with van der Waals surface area (Å²) in [7, 11) is 0. The van der Waals surface area contributed by atoms with Gasteiger partial charge in [-0.15, -0.1) is 0 Å². The number of rotatable bonds is 4. The highest BCUT2D eigenvalue weighted by Gasteiger charge is 2.26. The third kappa shape index (κ3) is 3.21. The van der Waals surface area contributed by atoms with Gasteiger partial charge in [-0.25, -0.2) is 0 Å². The highest BCUT2D eigenvalue weighted by atomic mass is 16.6. The number of nitro groups is 1. The molecule has 0 amide bonds. The molecule has 0 radical (unpaired) electrons. The van der Waals surface area contributed by atoms with Crippen LogP contribution in [0.15, 0.2) is 18.2 Å². The zero-order chi connectivity index (χ0) is 14.0. The third-order valence-corrected chi connectivity index (χ3v) is 3.69. The quantitative estimate of drug-likeness (QED) is 0.487. The Morgan fingerprint density at radius 2 is 2.37 bits per heavy atom. The first-order valence-electron chi connectivity index (χ1n) is 6.40. The smallest absolute Gasteiger partial charge is 0.292 e. The topological polar surface area (TPSA) is 92.6 Å². The van der Waals surface area contributed by atoms with Gasteiger partial charge in [0.25, 0.3) is 5.69 Å². The van der Waals surface area contributed by atoms with Gasteiger partial charge in [0.2, 0.25) is 0 Å². The number of nitrogens with two attached hydrogens (primary N) is 1. The Bertz CT molecular complexity index is 476. The van der Waals surface area contributed by atoms with Gasteiger partial charge in [-0.05, 0) is 37.4 Å². The SMILES string of the molecule is CC(O)C1CCN(Cc2ccc(N)c([N+](=O)[O-])c2)C1. The van der Waals surface area contributed by atoms with Crippen molar-refractivity contribution in [3.05, 3.63) is 33.9 Å². The van der Waals surface area contributed by atoms with Gasteiger partial charge in [-0.3, -0.25) is 15.0 Å². The lowest BCUT2D eigenvalue weighted by Crippen LogP contribution is -2.24. The van der Waals surface area contributed by atoms with E-state index >= 15 is 0 Å². The van der Waals surface area contributed by atoms with E-state index in [2.05, 4.69) is 4.90 Å². The van der Waals surface area contributed by atoms with Crippen LogP contribution >= 0.6 is 0 Å². The van der Waals surface area contributed by atoms with Crippen LogP contribution in [0.4, 0.5) is 11.4 Å². The number of nitro benzene ring substituents is 1. The number of hydrogen-bond donors (Lipinski definition) is 2. The fourth-order valence-corrected chi connectivity index (χ4v) is 2.50. The van der Waals surface area contributed by atoms with E-state index in [1.807, 2.05) is 13.0 Å². The van der Waals surface area contributed by atoms with Crippen molar-refractivity contribution >= 4 is 11.4 Å². The summed E-state index contributed by atoms with van der Waals surface area (Å²) in [5.41, 5.74) is 6.61. The van der Waals surface area contributed by atoms with Crippen molar-refractivity contribution in [2.45, 2.75) is 26.0 Å². The Labute approximate surface area is 112 Å². The van der Waals surface area contributed by atoms with Crippen molar-refractivity contribution in [2.24, 2.45) is 5.92 Å². The molecule has 0 aliphatic carbocycles. The van der Waals surface area contributed by atoms with E-state index in [1.165, 1.54) is 6.07 Å². The molecule has 1 fully saturated rings. The van der Waals surface area contributed by atoms with Crippen molar-refractivity contribution < 1.29 is 10.0 Å². The molecule has 1 aromatic carbocycles. The molecule has 3 N–H and O–H groups in total. The van der Waals surface area contributed by atoms with Crippen LogP contribution in [0.5, 0.6) is 0 Å². The van der Waals surface area contributed by atoms with Crippen molar-refractivity contribution in [3.8, 4) is 0 Å². The van der Waals surface area contributed by atoms with Crippen molar-refractivity contribution in [3.63, 3.8) is 0 Å². The average molecular weight is 265 g/mol. The molecule has 0 bridgehead atoms. The van der Waals surface area contributed by atoms with Gasteiger partial charge in [0, 0.05) is 19.2 Å². The van der Waals surface area contributed by atoms with Crippen LogP contribution < -0.4 is 5.73 Å². The van der Waals surface area contributed by atoms with Crippen LogP contribution in [-0.4, -0.2) is 34.1 Å². The summed E-state index contributed by atoms with van der Waals surface area (Å²) in [5.74, 6) is 0.295. The van der Waals surface area contributed by atoms with Crippen LogP contribution in [0.1, 0.15) is 18.9 Å². The highest BCUT2D eigenvalue weighted by molar-refractivity contribution is 5.59. The zero-order valence-electron chi connectivity index (χ0n) is 11.0. The molecule has 2 rings (SSSR count). The second kappa shape index (κ2) is 5.54. The number of likely N-dealkylation sites (tertiary alicyclic amines) is 1. The minimum atomic E-state index is -0.457. The maximum atomic E-state index is 10.8. The molecule has 19 heavy (non-hydrogen) atoms. The van der Waals surface area contributed by atoms with E-state index in [1.54, 1.807) is 6.07 Å². The van der Waals surface area contributed by atoms with Crippen LogP contribution in [0.3, 0.4) is 0 Å². The van der Waals surface area contributed by atoms with Gasteiger partial charge < -0.3 is 10.8 Å². The van der Waals surface area contributed by atoms with Crippen molar-refractivity contribution in [1.29, 1.82) is 0 Å². The predicted octanol–water partition coefficient (Wildman–Crippen LogP) is 1.38. The molecule has 0 saturated carbocycles. The molecule has 2 atom stereocenters. The van der Waals surface area contributed by atoms with Crippen LogP contribution in [-0.2, 0) is 6.54 Å². The molecule has 1 heterocycles. The van der Waals surface area contributed by atoms with E-state index < -0.39 is 4.92 Å². The van der Waals surface area contributed by atoms with E-state index in [4.69, 9.17) is 5.73 Å². The van der Waals surface area contributed by atoms with Crippen LogP contribution in [0.25, 0.3) is 0 Å². The number of anilines is 1. The summed E-state index contributed by atoms with van der Waals surface area (Å²) in [6.45, 7) is 4.20. The van der Waals surface area contributed by atoms with Crippen molar-refractivity contribution in [2.75, 3.05) is 18.8 Å². The molecule has 1 aromatic rings. The molecule has 0 spiro atoms. The Morgan fingerprint density at radius 3 is 2.95 bits per heavy atom. The molecule has 6 nitrogen and oxygen atoms in total. The predicted molar refractivity (Wildman–Crippen MR) is 72.6 cm³/mol. The summed E-state index contributed by atoms with van der Waals surface area (Å²) in [5, 5.41) is 20.4. The van der Waals surface area contributed by atoms with Crippen molar-refractivity contribution in [1.82, 2.24) is 4.90 Å². The molecule has 1 aliphatic heterocycles. The Balaban J connectivity index is 2.04. The third-order valence-electron chi connectivity index (χ3n) is 3.69. The average Bonchev–Trinajstić information content (AvgIpc) is 2.80. The maximum absolute atomic E-state index is 10.8. The fourth-order valence-electron chi connectivity index (χ4n) is 2.50. The molecular formula is C13H19N3O3. The molecule has 1 aliphatic rings. The van der Waals surface area contributed by atoms with Gasteiger partial charge in [0.1, 0.15) is 5.69 Å². The van der Waals surface area contributed by atoms with Gasteiger partial charge in [0.05, 0.1) is 11.0 Å². The molecular weight excluding hydrogens is 246 g/mol. The normalized spacial score (nSPS) is 21.5. The highest BCUT2D eigenvalue weighted by Crippen LogP contribution is 2.25. The molecule has 2 unspecified atom stereocenters. The number of hydrogen-bond acceptors (Lipinski definition) is 5. The van der Waals surface area contributed by atoms with Gasteiger partial charge in [-0.1, -0.05) is 6.07 Å². The van der Waals surface area contributed by atoms with Crippen LogP contribution in [0, 0.1) is 16.0 Å². The maximum Gasteiger partial charge on any atom is 0.292 e. The Morgan fingerprint density at radius 1 is 1.63 bits per heavy atom. The number of aliphatic hydroxyl groups is 1. The first-order valence-corrected chi connectivity index (χ1v) is 6.40. The largest absolute Gasteiger partial charge is 0.393 e. The molecule has 6 heteroatoms. The first-order chi connectivity index (χ1) is 8.97. The molecule has 1 saturated heterocycles. The number of aliphatic hydroxyl groups excluding tert-OH is 1.